The number of halogens is 2. The number of fused-ring (bicyclic) bond motifs is 1. The summed E-state index contributed by atoms with van der Waals surface area (Å²) in [4.78, 5) is 38.9. The molecule has 0 radical (unpaired) electrons. The molecule has 3 N–H and O–H groups in total. The second kappa shape index (κ2) is 13.0. The summed E-state index contributed by atoms with van der Waals surface area (Å²) >= 11 is 5.94. The Labute approximate surface area is 261 Å². The third kappa shape index (κ3) is 6.08. The number of carbonyl (C=O) groups excluding carboxylic acids is 2. The number of rotatable bonds is 11. The fourth-order valence-corrected chi connectivity index (χ4v) is 5.42. The van der Waals surface area contributed by atoms with E-state index in [0.29, 0.717) is 17.0 Å². The lowest BCUT2D eigenvalue weighted by molar-refractivity contribution is -0.197. The van der Waals surface area contributed by atoms with Gasteiger partial charge in [-0.2, -0.15) is 9.97 Å². The molecule has 4 aromatic rings. The van der Waals surface area contributed by atoms with Crippen LogP contribution in [-0.2, 0) is 35.0 Å². The minimum absolute atomic E-state index is 0.0222. The van der Waals surface area contributed by atoms with Gasteiger partial charge in [0.2, 0.25) is 5.28 Å². The molecule has 16 heteroatoms. The number of aromatic nitrogens is 5. The molecule has 0 amide bonds. The highest BCUT2D eigenvalue weighted by Crippen LogP contribution is 2.36. The number of ether oxygens (including phenoxy) is 4. The van der Waals surface area contributed by atoms with Gasteiger partial charge in [0.1, 0.15) is 23.5 Å². The zero-order chi connectivity index (χ0) is 32.5. The Bertz CT molecular complexity index is 1660. The molecule has 0 bridgehead atoms. The van der Waals surface area contributed by atoms with Crippen LogP contribution < -0.4 is 5.73 Å². The van der Waals surface area contributed by atoms with Crippen LogP contribution in [0.1, 0.15) is 37.1 Å². The monoisotopic (exact) mass is 646 g/mol. The predicted octanol–water partition coefficient (Wildman–Crippen LogP) is 3.05. The highest BCUT2D eigenvalue weighted by atomic mass is 35.5. The van der Waals surface area contributed by atoms with Crippen molar-refractivity contribution < 1.29 is 42.6 Å². The molecule has 3 aromatic heterocycles. The molecule has 1 aliphatic rings. The topological polar surface area (TPSA) is 187 Å². The van der Waals surface area contributed by atoms with Crippen LogP contribution in [0.3, 0.4) is 0 Å². The van der Waals surface area contributed by atoms with Gasteiger partial charge in [0, 0.05) is 12.0 Å². The van der Waals surface area contributed by atoms with Crippen LogP contribution in [0.2, 0.25) is 5.28 Å². The molecule has 14 nitrogen and oxygen atoms in total. The molecule has 45 heavy (non-hydrogen) atoms. The number of carbonyl (C=O) groups is 2. The van der Waals surface area contributed by atoms with E-state index < -0.39 is 48.8 Å². The smallest absolute Gasteiger partial charge is 0.350 e. The summed E-state index contributed by atoms with van der Waals surface area (Å²) in [6, 6.07) is 7.02. The number of aliphatic hydroxyl groups excluding tert-OH is 1. The number of hydrogen-bond acceptors (Lipinski definition) is 13. The molecule has 4 atom stereocenters. The molecule has 0 unspecified atom stereocenters. The minimum Gasteiger partial charge on any atom is -0.463 e. The van der Waals surface area contributed by atoms with Gasteiger partial charge in [-0.1, -0.05) is 29.4 Å². The van der Waals surface area contributed by atoms with Crippen LogP contribution in [0.4, 0.5) is 10.2 Å². The average Bonchev–Trinajstić information content (AvgIpc) is 3.66. The van der Waals surface area contributed by atoms with Crippen molar-refractivity contribution in [1.29, 1.82) is 0 Å². The summed E-state index contributed by atoms with van der Waals surface area (Å²) in [6.07, 6.45) is -5.52. The van der Waals surface area contributed by atoms with Crippen molar-refractivity contribution in [3.05, 3.63) is 52.9 Å². The van der Waals surface area contributed by atoms with Crippen LogP contribution in [0, 0.1) is 13.8 Å². The summed E-state index contributed by atoms with van der Waals surface area (Å²) in [5.74, 6) is -1.41. The number of alkyl halides is 1. The standard InChI is InChI=1S/C29H32ClFN6O8/c1-5-41-26(39)29(27(40)42-6-2,11-16-7-9-17(10-8-16)19-14(3)36-45-15(19)4)43-12-18-22(38)20(31)25(44-18)37-13-33-21-23(32)34-28(30)35-24(21)37/h7-10,13,18,20,22,25,38H,5-6,11-12H2,1-4H3,(H2,32,34,35)/t18-,20+,22-,25-/m1/s1. The van der Waals surface area contributed by atoms with Crippen molar-refractivity contribution >= 4 is 40.5 Å². The Morgan fingerprint density at radius 3 is 2.40 bits per heavy atom. The number of esters is 2. The summed E-state index contributed by atoms with van der Waals surface area (Å²) in [5, 5.41) is 14.6. The molecule has 0 spiro atoms. The first-order valence-electron chi connectivity index (χ1n) is 14.1. The van der Waals surface area contributed by atoms with E-state index in [4.69, 9.17) is 40.8 Å². The largest absolute Gasteiger partial charge is 0.463 e. The first kappa shape index (κ1) is 32.2. The number of aliphatic hydroxyl groups is 1. The van der Waals surface area contributed by atoms with E-state index >= 15 is 4.39 Å². The Kier molecular flexibility index (Phi) is 9.34. The van der Waals surface area contributed by atoms with Crippen molar-refractivity contribution in [3.63, 3.8) is 0 Å². The molecule has 240 valence electrons. The van der Waals surface area contributed by atoms with Gasteiger partial charge in [0.05, 0.1) is 31.8 Å². The molecule has 4 heterocycles. The Morgan fingerprint density at radius 2 is 1.80 bits per heavy atom. The number of aryl methyl sites for hydroxylation is 2. The van der Waals surface area contributed by atoms with Crippen molar-refractivity contribution in [2.75, 3.05) is 25.6 Å². The van der Waals surface area contributed by atoms with E-state index in [2.05, 4.69) is 20.1 Å². The van der Waals surface area contributed by atoms with Crippen LogP contribution in [0.25, 0.3) is 22.3 Å². The normalized spacial score (nSPS) is 20.1. The number of hydrogen-bond donors (Lipinski definition) is 2. The highest BCUT2D eigenvalue weighted by molar-refractivity contribution is 6.28. The third-order valence-corrected chi connectivity index (χ3v) is 7.59. The van der Waals surface area contributed by atoms with Gasteiger partial charge in [-0.15, -0.1) is 0 Å². The highest BCUT2D eigenvalue weighted by Gasteiger charge is 2.53. The SMILES string of the molecule is CCOC(=O)C(Cc1ccc(-c2c(C)noc2C)cc1)(OC[C@H]1O[C@@H](n2cnc3c(N)nc(Cl)nc32)[C@@H](F)[C@@H]1O)C(=O)OCC. The number of nitrogens with zero attached hydrogens (tertiary/aromatic N) is 5. The molecule has 1 aromatic carbocycles. The van der Waals surface area contributed by atoms with Crippen molar-refractivity contribution in [2.45, 2.75) is 64.3 Å². The summed E-state index contributed by atoms with van der Waals surface area (Å²) in [5.41, 5.74) is 6.67. The van der Waals surface area contributed by atoms with Crippen molar-refractivity contribution in [2.24, 2.45) is 0 Å². The lowest BCUT2D eigenvalue weighted by Crippen LogP contribution is -2.54. The third-order valence-electron chi connectivity index (χ3n) is 7.42. The number of anilines is 1. The molecule has 0 aliphatic carbocycles. The van der Waals surface area contributed by atoms with Gasteiger partial charge < -0.3 is 34.3 Å². The van der Waals surface area contributed by atoms with Crippen LogP contribution in [0.5, 0.6) is 0 Å². The fraction of sp³-hybridized carbons (Fsp3) is 0.448. The van der Waals surface area contributed by atoms with Gasteiger partial charge >= 0.3 is 11.9 Å². The fourth-order valence-electron chi connectivity index (χ4n) is 5.25. The molecule has 1 fully saturated rings. The maximum absolute atomic E-state index is 15.5. The summed E-state index contributed by atoms with van der Waals surface area (Å²) in [6.45, 7) is 6.05. The van der Waals surface area contributed by atoms with Crippen molar-refractivity contribution in [3.8, 4) is 11.1 Å². The quantitative estimate of drug-likeness (QED) is 0.138. The van der Waals surface area contributed by atoms with E-state index in [1.54, 1.807) is 45.0 Å². The summed E-state index contributed by atoms with van der Waals surface area (Å²) in [7, 11) is 0. The van der Waals surface area contributed by atoms with Gasteiger partial charge in [-0.05, 0) is 50.4 Å². The van der Waals surface area contributed by atoms with E-state index in [1.807, 2.05) is 6.92 Å². The molecule has 0 saturated carbocycles. The van der Waals surface area contributed by atoms with E-state index in [-0.39, 0.29) is 41.9 Å². The molecular weight excluding hydrogens is 615 g/mol. The number of imidazole rings is 1. The lowest BCUT2D eigenvalue weighted by atomic mass is 9.92. The Morgan fingerprint density at radius 1 is 1.13 bits per heavy atom. The van der Waals surface area contributed by atoms with E-state index in [0.717, 1.165) is 11.1 Å². The van der Waals surface area contributed by atoms with Crippen LogP contribution in [-0.4, -0.2) is 85.5 Å². The number of benzene rings is 1. The number of nitrogen functional groups attached to an aromatic ring is 1. The zero-order valence-corrected chi connectivity index (χ0v) is 25.7. The maximum Gasteiger partial charge on any atom is 0.350 e. The van der Waals surface area contributed by atoms with Gasteiger partial charge in [0.15, 0.2) is 23.9 Å². The lowest BCUT2D eigenvalue weighted by Gasteiger charge is -2.30. The summed E-state index contributed by atoms with van der Waals surface area (Å²) < 4.78 is 44.3. The molecular formula is C29H32ClFN6O8. The number of nitrogens with two attached hydrogens (primary N) is 1. The first-order chi connectivity index (χ1) is 21.5. The molecule has 1 saturated heterocycles. The second-order valence-corrected chi connectivity index (χ2v) is 10.7. The van der Waals surface area contributed by atoms with Crippen molar-refractivity contribution in [1.82, 2.24) is 24.7 Å². The average molecular weight is 647 g/mol. The zero-order valence-electron chi connectivity index (χ0n) is 24.9. The van der Waals surface area contributed by atoms with Gasteiger partial charge in [0.25, 0.3) is 5.60 Å². The molecule has 5 rings (SSSR count). The molecule has 1 aliphatic heterocycles. The van der Waals surface area contributed by atoms with Gasteiger partial charge in [-0.3, -0.25) is 4.57 Å². The van der Waals surface area contributed by atoms with E-state index in [1.165, 1.54) is 10.9 Å². The Hall–Kier alpha value is -4.18. The Balaban J connectivity index is 1.42. The van der Waals surface area contributed by atoms with Gasteiger partial charge in [-0.25, -0.2) is 19.0 Å². The minimum atomic E-state index is -2.31. The second-order valence-electron chi connectivity index (χ2n) is 10.4. The van der Waals surface area contributed by atoms with Crippen LogP contribution >= 0.6 is 11.6 Å². The predicted molar refractivity (Wildman–Crippen MR) is 157 cm³/mol. The van der Waals surface area contributed by atoms with E-state index in [9.17, 15) is 14.7 Å². The maximum atomic E-state index is 15.5. The van der Waals surface area contributed by atoms with Crippen LogP contribution in [0.15, 0.2) is 35.1 Å². The first-order valence-corrected chi connectivity index (χ1v) is 14.5.